The van der Waals surface area contributed by atoms with Gasteiger partial charge < -0.3 is 0 Å². The molecule has 1 atom stereocenters. The summed E-state index contributed by atoms with van der Waals surface area (Å²) in [4.78, 5) is 0. The van der Waals surface area contributed by atoms with Gasteiger partial charge in [-0.05, 0) is 23.3 Å². The summed E-state index contributed by atoms with van der Waals surface area (Å²) in [5, 5.41) is 0. The molecule has 0 spiro atoms. The lowest BCUT2D eigenvalue weighted by atomic mass is 10.0. The van der Waals surface area contributed by atoms with Crippen LogP contribution in [0.3, 0.4) is 0 Å². The molecule has 1 aromatic rings. The van der Waals surface area contributed by atoms with Gasteiger partial charge in [-0.3, -0.25) is 0 Å². The largest absolute Gasteiger partial charge is 0.102 e. The molecule has 1 unspecified atom stereocenters. The van der Waals surface area contributed by atoms with Gasteiger partial charge in [0.15, 0.2) is 0 Å². The van der Waals surface area contributed by atoms with Gasteiger partial charge in [-0.1, -0.05) is 30.4 Å². The standard InChI is InChI=1S/C11H9/c1-2-9-7-8-10-5-3-4-6-11(9)10/h2-3,5-9H,1H2. The van der Waals surface area contributed by atoms with Gasteiger partial charge in [0.25, 0.3) is 0 Å². The summed E-state index contributed by atoms with van der Waals surface area (Å²) in [6.07, 6.45) is 6.25. The van der Waals surface area contributed by atoms with Crippen LogP contribution in [0.15, 0.2) is 36.9 Å². The van der Waals surface area contributed by atoms with Gasteiger partial charge in [-0.15, -0.1) is 6.58 Å². The third-order valence-electron chi connectivity index (χ3n) is 2.03. The molecule has 0 bridgehead atoms. The van der Waals surface area contributed by atoms with Gasteiger partial charge in [0.2, 0.25) is 0 Å². The van der Waals surface area contributed by atoms with Crippen LogP contribution in [-0.2, 0) is 0 Å². The third-order valence-corrected chi connectivity index (χ3v) is 2.03. The van der Waals surface area contributed by atoms with E-state index in [2.05, 4.69) is 30.9 Å². The van der Waals surface area contributed by atoms with Crippen LogP contribution in [0.5, 0.6) is 0 Å². The van der Waals surface area contributed by atoms with E-state index in [-0.39, 0.29) is 0 Å². The number of allylic oxidation sites excluding steroid dienone is 2. The highest BCUT2D eigenvalue weighted by Crippen LogP contribution is 2.29. The van der Waals surface area contributed by atoms with E-state index in [1.807, 2.05) is 18.2 Å². The zero-order valence-electron chi connectivity index (χ0n) is 6.25. The van der Waals surface area contributed by atoms with Crippen molar-refractivity contribution in [1.82, 2.24) is 0 Å². The highest BCUT2D eigenvalue weighted by atomic mass is 14.2. The highest BCUT2D eigenvalue weighted by Gasteiger charge is 2.11. The summed E-state index contributed by atoms with van der Waals surface area (Å²) in [6.45, 7) is 3.78. The van der Waals surface area contributed by atoms with Gasteiger partial charge in [0, 0.05) is 5.92 Å². The van der Waals surface area contributed by atoms with Crippen LogP contribution in [0.2, 0.25) is 0 Å². The van der Waals surface area contributed by atoms with Crippen LogP contribution >= 0.6 is 0 Å². The Morgan fingerprint density at radius 2 is 2.45 bits per heavy atom. The molecule has 2 rings (SSSR count). The second kappa shape index (κ2) is 2.39. The van der Waals surface area contributed by atoms with Crippen molar-refractivity contribution in [2.75, 3.05) is 0 Å². The number of rotatable bonds is 1. The molecule has 0 saturated carbocycles. The lowest BCUT2D eigenvalue weighted by Gasteiger charge is -2.02. The average molecular weight is 141 g/mol. The molecule has 11 heavy (non-hydrogen) atoms. The molecule has 0 N–H and O–H groups in total. The maximum absolute atomic E-state index is 3.78. The van der Waals surface area contributed by atoms with Crippen LogP contribution in [0.25, 0.3) is 6.08 Å². The Balaban J connectivity index is 2.53. The number of fused-ring (bicyclic) bond motifs is 1. The quantitative estimate of drug-likeness (QED) is 0.527. The molecule has 0 amide bonds. The Labute approximate surface area is 66.9 Å². The molecular weight excluding hydrogens is 132 g/mol. The van der Waals surface area contributed by atoms with Gasteiger partial charge in [0.05, 0.1) is 0 Å². The second-order valence-corrected chi connectivity index (χ2v) is 2.68. The Morgan fingerprint density at radius 1 is 1.55 bits per heavy atom. The summed E-state index contributed by atoms with van der Waals surface area (Å²) < 4.78 is 0. The van der Waals surface area contributed by atoms with Crippen molar-refractivity contribution in [2.24, 2.45) is 0 Å². The van der Waals surface area contributed by atoms with E-state index in [4.69, 9.17) is 0 Å². The molecule has 1 aliphatic rings. The number of hydrogen-bond donors (Lipinski definition) is 0. The minimum atomic E-state index is 0.405. The minimum absolute atomic E-state index is 0.405. The fourth-order valence-electron chi connectivity index (χ4n) is 1.41. The SMILES string of the molecule is C=CC1C=Cc2cc[c]cc21. The molecular formula is C11H9. The van der Waals surface area contributed by atoms with Crippen molar-refractivity contribution in [3.8, 4) is 0 Å². The molecule has 0 fully saturated rings. The van der Waals surface area contributed by atoms with Gasteiger partial charge >= 0.3 is 0 Å². The molecule has 0 aliphatic heterocycles. The van der Waals surface area contributed by atoms with E-state index in [9.17, 15) is 0 Å². The van der Waals surface area contributed by atoms with Crippen molar-refractivity contribution < 1.29 is 0 Å². The van der Waals surface area contributed by atoms with Crippen molar-refractivity contribution >= 4 is 6.08 Å². The fourth-order valence-corrected chi connectivity index (χ4v) is 1.41. The average Bonchev–Trinajstić information content (AvgIpc) is 2.47. The predicted molar refractivity (Wildman–Crippen MR) is 47.3 cm³/mol. The summed E-state index contributed by atoms with van der Waals surface area (Å²) in [5.41, 5.74) is 2.62. The van der Waals surface area contributed by atoms with Crippen LogP contribution in [0.1, 0.15) is 17.0 Å². The van der Waals surface area contributed by atoms with Crippen molar-refractivity contribution in [3.05, 3.63) is 54.1 Å². The zero-order chi connectivity index (χ0) is 7.68. The lowest BCUT2D eigenvalue weighted by molar-refractivity contribution is 1.12. The Morgan fingerprint density at radius 3 is 3.27 bits per heavy atom. The molecule has 0 heteroatoms. The molecule has 53 valence electrons. The monoisotopic (exact) mass is 141 g/mol. The van der Waals surface area contributed by atoms with E-state index >= 15 is 0 Å². The van der Waals surface area contributed by atoms with E-state index in [0.29, 0.717) is 5.92 Å². The predicted octanol–water partition coefficient (Wildman–Crippen LogP) is 2.78. The summed E-state index contributed by atoms with van der Waals surface area (Å²) in [7, 11) is 0. The molecule has 0 nitrogen and oxygen atoms in total. The zero-order valence-corrected chi connectivity index (χ0v) is 6.25. The molecule has 0 aromatic heterocycles. The van der Waals surface area contributed by atoms with Crippen molar-refractivity contribution in [1.29, 1.82) is 0 Å². The lowest BCUT2D eigenvalue weighted by Crippen LogP contribution is -1.86. The third kappa shape index (κ3) is 0.911. The minimum Gasteiger partial charge on any atom is -0.102 e. The van der Waals surface area contributed by atoms with Gasteiger partial charge in [-0.2, -0.15) is 0 Å². The summed E-state index contributed by atoms with van der Waals surface area (Å²) in [6, 6.07) is 9.12. The normalized spacial score (nSPS) is 19.8. The Hall–Kier alpha value is -1.30. The molecule has 0 saturated heterocycles. The van der Waals surface area contributed by atoms with E-state index < -0.39 is 0 Å². The first-order chi connectivity index (χ1) is 5.42. The number of hydrogen-bond acceptors (Lipinski definition) is 0. The highest BCUT2D eigenvalue weighted by molar-refractivity contribution is 5.63. The summed E-state index contributed by atoms with van der Waals surface area (Å²) in [5.74, 6) is 0.405. The molecule has 1 aliphatic carbocycles. The van der Waals surface area contributed by atoms with Crippen molar-refractivity contribution in [3.63, 3.8) is 0 Å². The van der Waals surface area contributed by atoms with Crippen LogP contribution in [-0.4, -0.2) is 0 Å². The topological polar surface area (TPSA) is 0 Å². The first-order valence-electron chi connectivity index (χ1n) is 3.72. The maximum atomic E-state index is 3.78. The van der Waals surface area contributed by atoms with Crippen LogP contribution in [0, 0.1) is 6.07 Å². The van der Waals surface area contributed by atoms with E-state index in [1.54, 1.807) is 0 Å². The maximum Gasteiger partial charge on any atom is 0.0205 e. The Kier molecular flexibility index (Phi) is 1.39. The fraction of sp³-hybridized carbons (Fsp3) is 0.0909. The van der Waals surface area contributed by atoms with Crippen LogP contribution in [0.4, 0.5) is 0 Å². The van der Waals surface area contributed by atoms with Crippen LogP contribution < -0.4 is 0 Å². The van der Waals surface area contributed by atoms with E-state index in [0.717, 1.165) is 0 Å². The summed E-state index contributed by atoms with van der Waals surface area (Å²) >= 11 is 0. The second-order valence-electron chi connectivity index (χ2n) is 2.68. The first-order valence-corrected chi connectivity index (χ1v) is 3.72. The smallest absolute Gasteiger partial charge is 0.0205 e. The molecule has 0 heterocycles. The number of benzene rings is 1. The Bertz CT molecular complexity index is 308. The van der Waals surface area contributed by atoms with Crippen molar-refractivity contribution in [2.45, 2.75) is 5.92 Å². The van der Waals surface area contributed by atoms with Gasteiger partial charge in [0.1, 0.15) is 0 Å². The van der Waals surface area contributed by atoms with Gasteiger partial charge in [-0.25, -0.2) is 0 Å². The van der Waals surface area contributed by atoms with E-state index in [1.165, 1.54) is 11.1 Å². The molecule has 1 aromatic carbocycles. The first kappa shape index (κ1) is 6.41. The molecule has 1 radical (unpaired) electrons.